The van der Waals surface area contributed by atoms with Crippen LogP contribution in [0.4, 0.5) is 17.2 Å². The second kappa shape index (κ2) is 12.1. The van der Waals surface area contributed by atoms with Gasteiger partial charge in [0.1, 0.15) is 17.2 Å². The van der Waals surface area contributed by atoms with E-state index in [2.05, 4.69) is 113 Å². The molecule has 5 aromatic carbocycles. The van der Waals surface area contributed by atoms with Crippen LogP contribution in [0.25, 0.3) is 55.5 Å². The minimum absolute atomic E-state index is 0.166. The molecule has 6 heteroatoms. The first-order chi connectivity index (χ1) is 24.5. The van der Waals surface area contributed by atoms with Crippen molar-refractivity contribution in [2.24, 2.45) is 0 Å². The fourth-order valence-electron chi connectivity index (χ4n) is 6.83. The van der Waals surface area contributed by atoms with E-state index in [4.69, 9.17) is 19.4 Å². The fraction of sp³-hybridized carbons (Fsp3) is 0.178. The molecule has 0 saturated heterocycles. The summed E-state index contributed by atoms with van der Waals surface area (Å²) in [6.07, 6.45) is 1.81. The molecule has 0 fully saturated rings. The summed E-state index contributed by atoms with van der Waals surface area (Å²) in [5.74, 6) is 1.51. The van der Waals surface area contributed by atoms with Gasteiger partial charge in [-0.2, -0.15) is 4.98 Å². The Morgan fingerprint density at radius 1 is 0.667 bits per heavy atom. The molecule has 1 N–H and O–H groups in total. The van der Waals surface area contributed by atoms with Gasteiger partial charge in [0.25, 0.3) is 0 Å². The lowest BCUT2D eigenvalue weighted by Crippen LogP contribution is -2.17. The molecule has 0 unspecified atom stereocenters. The Balaban J connectivity index is 1.39. The summed E-state index contributed by atoms with van der Waals surface area (Å²) in [4.78, 5) is 17.3. The average molecular weight is 669 g/mol. The molecule has 0 aliphatic carbocycles. The maximum atomic E-state index is 12.0. The van der Waals surface area contributed by atoms with E-state index < -0.39 is 0 Å². The van der Waals surface area contributed by atoms with Crippen molar-refractivity contribution in [1.29, 1.82) is 0 Å². The monoisotopic (exact) mass is 668 g/mol. The minimum atomic E-state index is -0.307. The number of pyridine rings is 1. The maximum absolute atomic E-state index is 12.0. The van der Waals surface area contributed by atoms with Gasteiger partial charge in [-0.3, -0.25) is 4.90 Å². The maximum Gasteiger partial charge on any atom is 0.231 e. The highest BCUT2D eigenvalue weighted by atomic mass is 16.3. The molecule has 3 heterocycles. The summed E-state index contributed by atoms with van der Waals surface area (Å²) in [6, 6.07) is 41.0. The van der Waals surface area contributed by atoms with E-state index in [9.17, 15) is 5.11 Å². The molecule has 0 amide bonds. The van der Waals surface area contributed by atoms with Crippen LogP contribution < -0.4 is 4.90 Å². The normalized spacial score (nSPS) is 12.2. The highest BCUT2D eigenvalue weighted by Gasteiger charge is 2.28. The number of hydrogen-bond donors (Lipinski definition) is 1. The van der Waals surface area contributed by atoms with Gasteiger partial charge in [0.05, 0.1) is 16.8 Å². The second-order valence-corrected chi connectivity index (χ2v) is 15.2. The first-order valence-electron chi connectivity index (χ1n) is 17.3. The van der Waals surface area contributed by atoms with Crippen molar-refractivity contribution >= 4 is 50.0 Å². The second-order valence-electron chi connectivity index (χ2n) is 15.2. The number of furan rings is 1. The number of nitrogens with zero attached hydrogens (tertiary/aromatic N) is 4. The van der Waals surface area contributed by atoms with Crippen molar-refractivity contribution in [2.75, 3.05) is 4.90 Å². The summed E-state index contributed by atoms with van der Waals surface area (Å²) in [5.41, 5.74) is 6.72. The zero-order valence-corrected chi connectivity index (χ0v) is 29.8. The first kappa shape index (κ1) is 32.2. The van der Waals surface area contributed by atoms with Gasteiger partial charge in [-0.15, -0.1) is 0 Å². The molecule has 6 nitrogen and oxygen atoms in total. The van der Waals surface area contributed by atoms with Crippen molar-refractivity contribution in [2.45, 2.75) is 52.4 Å². The van der Waals surface area contributed by atoms with E-state index in [1.807, 2.05) is 60.8 Å². The van der Waals surface area contributed by atoms with E-state index in [0.29, 0.717) is 28.4 Å². The SMILES string of the molecule is CC(C)(C)c1cc(-c2nc(-c3cccc(N(c4ccccn4)c4cccc5ccccc45)c3)nc3oc4ccccc4c23)c(O)c(C(C)(C)C)c1. The summed E-state index contributed by atoms with van der Waals surface area (Å²) in [7, 11) is 0. The van der Waals surface area contributed by atoms with Crippen LogP contribution in [0.2, 0.25) is 0 Å². The molecular formula is C45H40N4O2. The van der Waals surface area contributed by atoms with Gasteiger partial charge in [0.2, 0.25) is 5.71 Å². The van der Waals surface area contributed by atoms with Gasteiger partial charge >= 0.3 is 0 Å². The van der Waals surface area contributed by atoms with Crippen LogP contribution in [0, 0.1) is 0 Å². The first-order valence-corrected chi connectivity index (χ1v) is 17.3. The number of phenolic OH excluding ortho intramolecular Hbond substituents is 1. The van der Waals surface area contributed by atoms with Crippen molar-refractivity contribution in [1.82, 2.24) is 15.0 Å². The van der Waals surface area contributed by atoms with E-state index in [0.717, 1.165) is 55.4 Å². The Morgan fingerprint density at radius 3 is 2.16 bits per heavy atom. The van der Waals surface area contributed by atoms with E-state index >= 15 is 0 Å². The zero-order valence-electron chi connectivity index (χ0n) is 29.8. The number of phenols is 1. The number of anilines is 3. The van der Waals surface area contributed by atoms with Crippen molar-refractivity contribution in [3.8, 4) is 28.4 Å². The molecule has 0 bridgehead atoms. The molecule has 0 saturated carbocycles. The lowest BCUT2D eigenvalue weighted by molar-refractivity contribution is 0.446. The topological polar surface area (TPSA) is 75.3 Å². The molecule has 0 atom stereocenters. The van der Waals surface area contributed by atoms with Gasteiger partial charge < -0.3 is 9.52 Å². The molecule has 3 aromatic heterocycles. The average Bonchev–Trinajstić information content (AvgIpc) is 3.50. The number of fused-ring (bicyclic) bond motifs is 4. The molecule has 8 aromatic rings. The highest BCUT2D eigenvalue weighted by Crippen LogP contribution is 2.46. The number of rotatable bonds is 5. The lowest BCUT2D eigenvalue weighted by atomic mass is 9.78. The Bertz CT molecular complexity index is 2570. The van der Waals surface area contributed by atoms with E-state index in [-0.39, 0.29) is 16.6 Å². The Labute approximate surface area is 298 Å². The molecule has 252 valence electrons. The number of para-hydroxylation sites is 1. The predicted octanol–water partition coefficient (Wildman–Crippen LogP) is 12.0. The van der Waals surface area contributed by atoms with Crippen LogP contribution in [-0.4, -0.2) is 20.1 Å². The molecular weight excluding hydrogens is 629 g/mol. The van der Waals surface area contributed by atoms with Gasteiger partial charge in [-0.05, 0) is 64.2 Å². The molecule has 51 heavy (non-hydrogen) atoms. The van der Waals surface area contributed by atoms with Gasteiger partial charge in [0.15, 0.2) is 5.82 Å². The van der Waals surface area contributed by atoms with Gasteiger partial charge in [-0.1, -0.05) is 120 Å². The van der Waals surface area contributed by atoms with E-state index in [1.165, 1.54) is 0 Å². The van der Waals surface area contributed by atoms with Crippen molar-refractivity contribution in [3.05, 3.63) is 139 Å². The summed E-state index contributed by atoms with van der Waals surface area (Å²) >= 11 is 0. The molecule has 0 radical (unpaired) electrons. The molecule has 0 aliphatic heterocycles. The third-order valence-corrected chi connectivity index (χ3v) is 9.53. The smallest absolute Gasteiger partial charge is 0.231 e. The summed E-state index contributed by atoms with van der Waals surface area (Å²) in [5, 5.41) is 16.0. The summed E-state index contributed by atoms with van der Waals surface area (Å²) < 4.78 is 6.42. The quantitative estimate of drug-likeness (QED) is 0.197. The fourth-order valence-corrected chi connectivity index (χ4v) is 6.83. The highest BCUT2D eigenvalue weighted by molar-refractivity contribution is 6.11. The minimum Gasteiger partial charge on any atom is -0.507 e. The van der Waals surface area contributed by atoms with Gasteiger partial charge in [0, 0.05) is 39.3 Å². The third-order valence-electron chi connectivity index (χ3n) is 9.53. The number of aromatic hydroxyl groups is 1. The lowest BCUT2D eigenvalue weighted by Gasteiger charge is -2.27. The number of aromatic nitrogens is 3. The Hall–Kier alpha value is -6.01. The van der Waals surface area contributed by atoms with Gasteiger partial charge in [-0.25, -0.2) is 9.97 Å². The van der Waals surface area contributed by atoms with Crippen LogP contribution in [-0.2, 0) is 10.8 Å². The Morgan fingerprint density at radius 2 is 1.39 bits per heavy atom. The molecule has 0 aliphatic rings. The van der Waals surface area contributed by atoms with E-state index in [1.54, 1.807) is 0 Å². The zero-order chi connectivity index (χ0) is 35.5. The van der Waals surface area contributed by atoms with Crippen LogP contribution >= 0.6 is 0 Å². The largest absolute Gasteiger partial charge is 0.507 e. The van der Waals surface area contributed by atoms with Crippen LogP contribution in [0.15, 0.2) is 132 Å². The third kappa shape index (κ3) is 5.77. The van der Waals surface area contributed by atoms with Crippen LogP contribution in [0.5, 0.6) is 5.75 Å². The standard InChI is InChI=1S/C45H40N4O2/c1-44(2,3)30-26-34(41(50)35(27-30)45(4,5)6)40-39-33-20-9-10-22-37(33)51-43(39)48-42(47-40)29-17-13-18-31(25-29)49(38-23-11-12-24-46-38)36-21-14-16-28-15-7-8-19-32(28)36/h7-27,50H,1-6H3. The Kier molecular flexibility index (Phi) is 7.64. The molecule has 8 rings (SSSR count). The number of hydrogen-bond acceptors (Lipinski definition) is 6. The molecule has 0 spiro atoms. The number of benzene rings is 5. The summed E-state index contributed by atoms with van der Waals surface area (Å²) in [6.45, 7) is 13.0. The van der Waals surface area contributed by atoms with Crippen molar-refractivity contribution < 1.29 is 9.52 Å². The van der Waals surface area contributed by atoms with Crippen LogP contribution in [0.3, 0.4) is 0 Å². The van der Waals surface area contributed by atoms with Crippen molar-refractivity contribution in [3.63, 3.8) is 0 Å². The predicted molar refractivity (Wildman–Crippen MR) is 209 cm³/mol. The van der Waals surface area contributed by atoms with Crippen LogP contribution in [0.1, 0.15) is 52.7 Å².